The van der Waals surface area contributed by atoms with E-state index in [1.165, 1.54) is 4.57 Å². The Morgan fingerprint density at radius 2 is 1.67 bits per heavy atom. The van der Waals surface area contributed by atoms with Crippen LogP contribution in [0.5, 0.6) is 0 Å². The summed E-state index contributed by atoms with van der Waals surface area (Å²) >= 11 is 2.12. The normalized spacial score (nSPS) is 12.3. The molecule has 0 unspecified atom stereocenters. The number of hydrogen-bond acceptors (Lipinski definition) is 5. The SMILES string of the molecule is CC(C)(C)OC(=O)c1cc2c(cn1)c(I)cn2C(=O)OC(C)(C)C. The lowest BCUT2D eigenvalue weighted by Crippen LogP contribution is -2.27. The molecule has 0 aliphatic carbocycles. The van der Waals surface area contributed by atoms with Crippen molar-refractivity contribution in [1.29, 1.82) is 0 Å². The highest BCUT2D eigenvalue weighted by atomic mass is 127. The summed E-state index contributed by atoms with van der Waals surface area (Å²) in [4.78, 5) is 28.8. The van der Waals surface area contributed by atoms with Crippen LogP contribution in [0.3, 0.4) is 0 Å². The van der Waals surface area contributed by atoms with Crippen LogP contribution in [-0.2, 0) is 9.47 Å². The van der Waals surface area contributed by atoms with Gasteiger partial charge in [0.15, 0.2) is 5.69 Å². The van der Waals surface area contributed by atoms with E-state index in [0.717, 1.165) is 8.96 Å². The zero-order valence-corrected chi connectivity index (χ0v) is 16.8. The molecule has 2 aromatic rings. The summed E-state index contributed by atoms with van der Waals surface area (Å²) in [6, 6.07) is 1.55. The molecule has 0 amide bonds. The fourth-order valence-electron chi connectivity index (χ4n) is 1.98. The Kier molecular flexibility index (Phi) is 4.94. The van der Waals surface area contributed by atoms with Crippen molar-refractivity contribution in [3.05, 3.63) is 27.7 Å². The summed E-state index contributed by atoms with van der Waals surface area (Å²) in [5.41, 5.74) is -0.517. The number of halogens is 1. The summed E-state index contributed by atoms with van der Waals surface area (Å²) in [6.07, 6.45) is 2.73. The van der Waals surface area contributed by atoms with Gasteiger partial charge in [0.1, 0.15) is 11.2 Å². The molecule has 0 aliphatic rings. The summed E-state index contributed by atoms with van der Waals surface area (Å²) in [6.45, 7) is 10.8. The van der Waals surface area contributed by atoms with Crippen LogP contribution in [-0.4, -0.2) is 32.8 Å². The van der Waals surface area contributed by atoms with E-state index < -0.39 is 23.3 Å². The van der Waals surface area contributed by atoms with Crippen molar-refractivity contribution in [2.24, 2.45) is 0 Å². The number of rotatable bonds is 1. The van der Waals surface area contributed by atoms with Crippen LogP contribution in [0.4, 0.5) is 4.79 Å². The van der Waals surface area contributed by atoms with Gasteiger partial charge in [0.25, 0.3) is 0 Å². The lowest BCUT2D eigenvalue weighted by Gasteiger charge is -2.20. The molecule has 6 nitrogen and oxygen atoms in total. The zero-order chi connectivity index (χ0) is 18.3. The highest BCUT2D eigenvalue weighted by Crippen LogP contribution is 2.25. The Morgan fingerprint density at radius 3 is 2.21 bits per heavy atom. The molecule has 24 heavy (non-hydrogen) atoms. The standard InChI is InChI=1S/C17H21IN2O4/c1-16(2,3)23-14(21)12-7-13-10(8-19-12)11(18)9-20(13)15(22)24-17(4,5)6/h7-9H,1-6H3. The van der Waals surface area contributed by atoms with Crippen molar-refractivity contribution in [3.63, 3.8) is 0 Å². The summed E-state index contributed by atoms with van der Waals surface area (Å²) in [5, 5.41) is 0.772. The lowest BCUT2D eigenvalue weighted by molar-refractivity contribution is 0.00625. The molecule has 0 aliphatic heterocycles. The van der Waals surface area contributed by atoms with E-state index in [2.05, 4.69) is 27.6 Å². The van der Waals surface area contributed by atoms with E-state index in [1.54, 1.807) is 60.0 Å². The van der Waals surface area contributed by atoms with Crippen LogP contribution in [0, 0.1) is 3.57 Å². The predicted molar refractivity (Wildman–Crippen MR) is 99.3 cm³/mol. The maximum Gasteiger partial charge on any atom is 0.419 e. The number of carbonyl (C=O) groups is 2. The molecule has 0 spiro atoms. The van der Waals surface area contributed by atoms with Crippen molar-refractivity contribution >= 4 is 45.6 Å². The molecule has 0 radical (unpaired) electrons. The first kappa shape index (κ1) is 18.7. The van der Waals surface area contributed by atoms with Gasteiger partial charge in [-0.3, -0.25) is 4.57 Å². The molecule has 0 N–H and O–H groups in total. The maximum atomic E-state index is 12.4. The predicted octanol–water partition coefficient (Wildman–Crippen LogP) is 4.38. The van der Waals surface area contributed by atoms with Crippen molar-refractivity contribution in [2.45, 2.75) is 52.7 Å². The molecule has 0 saturated heterocycles. The summed E-state index contributed by atoms with van der Waals surface area (Å²) in [5.74, 6) is -0.531. The van der Waals surface area contributed by atoms with Crippen molar-refractivity contribution < 1.29 is 19.1 Å². The minimum atomic E-state index is -0.616. The number of hydrogen-bond donors (Lipinski definition) is 0. The molecule has 0 fully saturated rings. The average molecular weight is 444 g/mol. The Morgan fingerprint density at radius 1 is 1.08 bits per heavy atom. The van der Waals surface area contributed by atoms with Gasteiger partial charge in [0, 0.05) is 21.4 Å². The number of nitrogens with zero attached hydrogens (tertiary/aromatic N) is 2. The Balaban J connectivity index is 2.46. The van der Waals surface area contributed by atoms with Gasteiger partial charge in [-0.25, -0.2) is 14.6 Å². The molecule has 0 aromatic carbocycles. The fraction of sp³-hybridized carbons (Fsp3) is 0.471. The molecular formula is C17H21IN2O4. The molecular weight excluding hydrogens is 423 g/mol. The second-order valence-electron chi connectivity index (χ2n) is 7.42. The molecule has 0 bridgehead atoms. The third-order valence-electron chi connectivity index (χ3n) is 2.84. The Labute approximate surface area is 154 Å². The summed E-state index contributed by atoms with van der Waals surface area (Å²) < 4.78 is 13.0. The highest BCUT2D eigenvalue weighted by molar-refractivity contribution is 14.1. The quantitative estimate of drug-likeness (QED) is 0.483. The van der Waals surface area contributed by atoms with E-state index in [-0.39, 0.29) is 5.69 Å². The van der Waals surface area contributed by atoms with Crippen LogP contribution in [0.1, 0.15) is 52.0 Å². The van der Waals surface area contributed by atoms with Crippen LogP contribution in [0.25, 0.3) is 10.9 Å². The molecule has 0 atom stereocenters. The first-order valence-electron chi connectivity index (χ1n) is 7.51. The maximum absolute atomic E-state index is 12.4. The van der Waals surface area contributed by atoms with Gasteiger partial charge in [-0.15, -0.1) is 0 Å². The molecule has 2 aromatic heterocycles. The fourth-order valence-corrected chi connectivity index (χ4v) is 2.68. The zero-order valence-electron chi connectivity index (χ0n) is 14.6. The number of pyridine rings is 1. The number of fused-ring (bicyclic) bond motifs is 1. The van der Waals surface area contributed by atoms with E-state index >= 15 is 0 Å². The van der Waals surface area contributed by atoms with Crippen LogP contribution in [0.15, 0.2) is 18.5 Å². The molecule has 0 saturated carbocycles. The van der Waals surface area contributed by atoms with Gasteiger partial charge in [-0.2, -0.15) is 0 Å². The highest BCUT2D eigenvalue weighted by Gasteiger charge is 2.23. The minimum absolute atomic E-state index is 0.150. The molecule has 7 heteroatoms. The molecule has 2 heterocycles. The van der Waals surface area contributed by atoms with Gasteiger partial charge >= 0.3 is 12.1 Å². The van der Waals surface area contributed by atoms with Gasteiger partial charge in [-0.1, -0.05) is 0 Å². The third kappa shape index (κ3) is 4.46. The lowest BCUT2D eigenvalue weighted by atomic mass is 10.2. The first-order chi connectivity index (χ1) is 10.9. The average Bonchev–Trinajstić information content (AvgIpc) is 2.72. The molecule has 2 rings (SSSR count). The Hall–Kier alpha value is -1.64. The Bertz CT molecular complexity index is 797. The van der Waals surface area contributed by atoms with Crippen LogP contribution in [0.2, 0.25) is 0 Å². The summed E-state index contributed by atoms with van der Waals surface area (Å²) in [7, 11) is 0. The minimum Gasteiger partial charge on any atom is -0.455 e. The van der Waals surface area contributed by atoms with Crippen molar-refractivity contribution in [1.82, 2.24) is 9.55 Å². The number of esters is 1. The van der Waals surface area contributed by atoms with Crippen LogP contribution < -0.4 is 0 Å². The van der Waals surface area contributed by atoms with Crippen LogP contribution >= 0.6 is 22.6 Å². The van der Waals surface area contributed by atoms with E-state index in [9.17, 15) is 9.59 Å². The van der Waals surface area contributed by atoms with E-state index in [0.29, 0.717) is 5.52 Å². The molecule has 130 valence electrons. The van der Waals surface area contributed by atoms with E-state index in [1.807, 2.05) is 0 Å². The van der Waals surface area contributed by atoms with Gasteiger partial charge in [-0.05, 0) is 70.2 Å². The number of carbonyl (C=O) groups excluding carboxylic acids is 2. The first-order valence-corrected chi connectivity index (χ1v) is 8.58. The second-order valence-corrected chi connectivity index (χ2v) is 8.58. The smallest absolute Gasteiger partial charge is 0.419 e. The monoisotopic (exact) mass is 444 g/mol. The number of aromatic nitrogens is 2. The largest absolute Gasteiger partial charge is 0.455 e. The topological polar surface area (TPSA) is 70.4 Å². The number of ether oxygens (including phenoxy) is 2. The van der Waals surface area contributed by atoms with Crippen molar-refractivity contribution in [2.75, 3.05) is 0 Å². The third-order valence-corrected chi connectivity index (χ3v) is 3.70. The van der Waals surface area contributed by atoms with Gasteiger partial charge in [0.05, 0.1) is 5.52 Å². The van der Waals surface area contributed by atoms with Crippen molar-refractivity contribution in [3.8, 4) is 0 Å². The second kappa shape index (κ2) is 6.34. The van der Waals surface area contributed by atoms with Gasteiger partial charge < -0.3 is 9.47 Å². The van der Waals surface area contributed by atoms with E-state index in [4.69, 9.17) is 9.47 Å². The van der Waals surface area contributed by atoms with Gasteiger partial charge in [0.2, 0.25) is 0 Å².